The molecule has 1 N–H and O–H groups in total. The van der Waals surface area contributed by atoms with E-state index in [2.05, 4.69) is 11.8 Å². The van der Waals surface area contributed by atoms with Gasteiger partial charge >= 0.3 is 0 Å². The predicted molar refractivity (Wildman–Crippen MR) is 76.8 cm³/mol. The number of rotatable bonds is 4. The molecule has 0 unspecified atom stereocenters. The summed E-state index contributed by atoms with van der Waals surface area (Å²) in [6, 6.07) is 5.46. The van der Waals surface area contributed by atoms with Crippen molar-refractivity contribution >= 4 is 5.69 Å². The monoisotopic (exact) mass is 265 g/mol. The second kappa shape index (κ2) is 6.38. The summed E-state index contributed by atoms with van der Waals surface area (Å²) < 4.78 is 14.0. The standard InChI is InChI=1S/C16H24FNO/c1-3-12-4-7-14(8-5-12)18(2)16-9-6-13(11-19)10-15(16)17/h6,9-10,12,14,19H,3-5,7-8,11H2,1-2H3. The van der Waals surface area contributed by atoms with Crippen LogP contribution < -0.4 is 4.90 Å². The first-order chi connectivity index (χ1) is 9.15. The molecule has 19 heavy (non-hydrogen) atoms. The molecule has 3 heteroatoms. The molecule has 1 fully saturated rings. The highest BCUT2D eigenvalue weighted by molar-refractivity contribution is 5.49. The van der Waals surface area contributed by atoms with Gasteiger partial charge in [0.25, 0.3) is 0 Å². The van der Waals surface area contributed by atoms with Gasteiger partial charge in [0.05, 0.1) is 12.3 Å². The minimum Gasteiger partial charge on any atom is -0.392 e. The van der Waals surface area contributed by atoms with Crippen LogP contribution in [0.1, 0.15) is 44.6 Å². The third-order valence-corrected chi connectivity index (χ3v) is 4.52. The summed E-state index contributed by atoms with van der Waals surface area (Å²) >= 11 is 0. The van der Waals surface area contributed by atoms with Crippen molar-refractivity contribution in [2.75, 3.05) is 11.9 Å². The van der Waals surface area contributed by atoms with Crippen LogP contribution in [0.15, 0.2) is 18.2 Å². The van der Waals surface area contributed by atoms with Crippen LogP contribution in [0.3, 0.4) is 0 Å². The average Bonchev–Trinajstić information content (AvgIpc) is 2.46. The topological polar surface area (TPSA) is 23.5 Å². The Hall–Kier alpha value is -1.09. The van der Waals surface area contributed by atoms with Crippen LogP contribution in [-0.4, -0.2) is 18.2 Å². The van der Waals surface area contributed by atoms with Crippen molar-refractivity contribution in [2.24, 2.45) is 5.92 Å². The molecule has 0 spiro atoms. The summed E-state index contributed by atoms with van der Waals surface area (Å²) in [5.41, 5.74) is 1.28. The number of nitrogens with zero attached hydrogens (tertiary/aromatic N) is 1. The third kappa shape index (κ3) is 3.27. The highest BCUT2D eigenvalue weighted by atomic mass is 19.1. The smallest absolute Gasteiger partial charge is 0.146 e. The van der Waals surface area contributed by atoms with E-state index in [1.807, 2.05) is 7.05 Å². The van der Waals surface area contributed by atoms with E-state index in [1.54, 1.807) is 12.1 Å². The van der Waals surface area contributed by atoms with Crippen LogP contribution in [0.25, 0.3) is 0 Å². The van der Waals surface area contributed by atoms with E-state index in [9.17, 15) is 4.39 Å². The van der Waals surface area contributed by atoms with E-state index in [-0.39, 0.29) is 12.4 Å². The first kappa shape index (κ1) is 14.3. The maximum atomic E-state index is 14.0. The summed E-state index contributed by atoms with van der Waals surface area (Å²) in [5, 5.41) is 9.02. The SMILES string of the molecule is CCC1CCC(N(C)c2ccc(CO)cc2F)CC1. The molecule has 0 heterocycles. The number of hydrogen-bond acceptors (Lipinski definition) is 2. The predicted octanol–water partition coefficient (Wildman–Crippen LogP) is 3.72. The van der Waals surface area contributed by atoms with Crippen LogP contribution in [0.4, 0.5) is 10.1 Å². The normalized spacial score (nSPS) is 23.4. The molecular weight excluding hydrogens is 241 g/mol. The fourth-order valence-corrected chi connectivity index (χ4v) is 3.07. The van der Waals surface area contributed by atoms with Crippen LogP contribution in [0, 0.1) is 11.7 Å². The minimum absolute atomic E-state index is 0.109. The molecule has 1 aliphatic rings. The molecule has 0 radical (unpaired) electrons. The van der Waals surface area contributed by atoms with E-state index in [1.165, 1.54) is 25.3 Å². The van der Waals surface area contributed by atoms with Crippen LogP contribution >= 0.6 is 0 Å². The van der Waals surface area contributed by atoms with Crippen molar-refractivity contribution in [3.05, 3.63) is 29.6 Å². The van der Waals surface area contributed by atoms with Gasteiger partial charge in [-0.3, -0.25) is 0 Å². The first-order valence-corrected chi connectivity index (χ1v) is 7.27. The fraction of sp³-hybridized carbons (Fsp3) is 0.625. The summed E-state index contributed by atoms with van der Waals surface area (Å²) in [5.74, 6) is 0.623. The van der Waals surface area contributed by atoms with Crippen molar-refractivity contribution in [3.63, 3.8) is 0 Å². The molecular formula is C16H24FNO. The molecule has 1 saturated carbocycles. The average molecular weight is 265 g/mol. The molecule has 1 aromatic carbocycles. The zero-order valence-electron chi connectivity index (χ0n) is 11.9. The van der Waals surface area contributed by atoms with Gasteiger partial charge in [-0.2, -0.15) is 0 Å². The van der Waals surface area contributed by atoms with E-state index < -0.39 is 0 Å². The van der Waals surface area contributed by atoms with Crippen molar-refractivity contribution < 1.29 is 9.50 Å². The van der Waals surface area contributed by atoms with Gasteiger partial charge in [-0.1, -0.05) is 19.4 Å². The van der Waals surface area contributed by atoms with Gasteiger partial charge in [-0.25, -0.2) is 4.39 Å². The van der Waals surface area contributed by atoms with Gasteiger partial charge in [0.15, 0.2) is 0 Å². The van der Waals surface area contributed by atoms with E-state index in [0.29, 0.717) is 17.3 Å². The number of aliphatic hydroxyl groups is 1. The molecule has 0 bridgehead atoms. The lowest BCUT2D eigenvalue weighted by molar-refractivity contribution is 0.281. The maximum absolute atomic E-state index is 14.0. The molecule has 106 valence electrons. The van der Waals surface area contributed by atoms with Crippen molar-refractivity contribution in [3.8, 4) is 0 Å². The zero-order valence-corrected chi connectivity index (χ0v) is 11.9. The quantitative estimate of drug-likeness (QED) is 0.896. The van der Waals surface area contributed by atoms with E-state index >= 15 is 0 Å². The summed E-state index contributed by atoms with van der Waals surface area (Å²) in [6.45, 7) is 2.14. The Bertz CT molecular complexity index is 413. The molecule has 0 amide bonds. The number of anilines is 1. The lowest BCUT2D eigenvalue weighted by Crippen LogP contribution is -2.35. The molecule has 1 aromatic rings. The molecule has 0 aliphatic heterocycles. The molecule has 0 atom stereocenters. The van der Waals surface area contributed by atoms with Crippen LogP contribution in [0.2, 0.25) is 0 Å². The maximum Gasteiger partial charge on any atom is 0.146 e. The van der Waals surface area contributed by atoms with Gasteiger partial charge in [0.1, 0.15) is 5.82 Å². The summed E-state index contributed by atoms with van der Waals surface area (Å²) in [7, 11) is 1.98. The second-order valence-corrected chi connectivity index (χ2v) is 5.64. The van der Waals surface area contributed by atoms with Crippen molar-refractivity contribution in [2.45, 2.75) is 51.7 Å². The zero-order chi connectivity index (χ0) is 13.8. The second-order valence-electron chi connectivity index (χ2n) is 5.64. The number of hydrogen-bond donors (Lipinski definition) is 1. The highest BCUT2D eigenvalue weighted by Gasteiger charge is 2.24. The van der Waals surface area contributed by atoms with E-state index in [4.69, 9.17) is 5.11 Å². The van der Waals surface area contributed by atoms with Gasteiger partial charge in [-0.15, -0.1) is 0 Å². The Morgan fingerprint density at radius 1 is 1.26 bits per heavy atom. The van der Waals surface area contributed by atoms with Crippen LogP contribution in [-0.2, 0) is 6.61 Å². The Kier molecular flexibility index (Phi) is 4.81. The molecule has 0 aromatic heterocycles. The molecule has 1 aliphatic carbocycles. The van der Waals surface area contributed by atoms with Gasteiger partial charge < -0.3 is 10.0 Å². The largest absolute Gasteiger partial charge is 0.392 e. The minimum atomic E-state index is -0.230. The van der Waals surface area contributed by atoms with E-state index in [0.717, 1.165) is 18.8 Å². The Labute approximate surface area is 115 Å². The number of benzene rings is 1. The molecule has 0 saturated heterocycles. The van der Waals surface area contributed by atoms with Gasteiger partial charge in [0.2, 0.25) is 0 Å². The lowest BCUT2D eigenvalue weighted by Gasteiger charge is -2.36. The highest BCUT2D eigenvalue weighted by Crippen LogP contribution is 2.32. The summed E-state index contributed by atoms with van der Waals surface area (Å²) in [4.78, 5) is 2.07. The molecule has 2 rings (SSSR count). The Morgan fingerprint density at radius 3 is 2.47 bits per heavy atom. The fourth-order valence-electron chi connectivity index (χ4n) is 3.07. The van der Waals surface area contributed by atoms with Crippen LogP contribution in [0.5, 0.6) is 0 Å². The van der Waals surface area contributed by atoms with Crippen molar-refractivity contribution in [1.29, 1.82) is 0 Å². The number of aliphatic hydroxyl groups excluding tert-OH is 1. The summed E-state index contributed by atoms with van der Waals surface area (Å²) in [6.07, 6.45) is 6.06. The number of halogens is 1. The third-order valence-electron chi connectivity index (χ3n) is 4.52. The molecule has 2 nitrogen and oxygen atoms in total. The first-order valence-electron chi connectivity index (χ1n) is 7.27. The van der Waals surface area contributed by atoms with Gasteiger partial charge in [-0.05, 0) is 49.3 Å². The Balaban J connectivity index is 2.05. The van der Waals surface area contributed by atoms with Crippen molar-refractivity contribution in [1.82, 2.24) is 0 Å². The Morgan fingerprint density at radius 2 is 1.95 bits per heavy atom. The lowest BCUT2D eigenvalue weighted by atomic mass is 9.84. The van der Waals surface area contributed by atoms with Gasteiger partial charge in [0, 0.05) is 13.1 Å².